The Morgan fingerprint density at radius 1 is 1.28 bits per heavy atom. The van der Waals surface area contributed by atoms with Crippen molar-refractivity contribution in [2.45, 2.75) is 49.5 Å². The molecule has 0 spiro atoms. The monoisotopic (exact) mass is 370 g/mol. The van der Waals surface area contributed by atoms with Gasteiger partial charge in [0.2, 0.25) is 10.0 Å². The Labute approximate surface area is 148 Å². The number of hydrogen-bond donors (Lipinski definition) is 3. The normalized spacial score (nSPS) is 15.9. The number of anilines is 1. The van der Waals surface area contributed by atoms with Crippen molar-refractivity contribution in [2.24, 2.45) is 0 Å². The Bertz CT molecular complexity index is 684. The molecule has 8 heteroatoms. The van der Waals surface area contributed by atoms with Crippen LogP contribution in [0.4, 0.5) is 5.69 Å². The van der Waals surface area contributed by atoms with Gasteiger partial charge in [0.05, 0.1) is 11.3 Å². The SMILES string of the molecule is COCCCNS(=O)(=O)c1cc(C(=O)O)ccc1NC1CCCCC1. The van der Waals surface area contributed by atoms with E-state index in [0.29, 0.717) is 18.7 Å². The number of benzene rings is 1. The van der Waals surface area contributed by atoms with E-state index in [-0.39, 0.29) is 23.0 Å². The molecule has 0 bridgehead atoms. The Balaban J connectivity index is 2.24. The van der Waals surface area contributed by atoms with Crippen LogP contribution in [-0.2, 0) is 14.8 Å². The number of carboxylic acids is 1. The van der Waals surface area contributed by atoms with Crippen LogP contribution in [0.3, 0.4) is 0 Å². The van der Waals surface area contributed by atoms with Gasteiger partial charge in [-0.3, -0.25) is 0 Å². The van der Waals surface area contributed by atoms with Gasteiger partial charge in [-0.1, -0.05) is 19.3 Å². The predicted octanol–water partition coefficient (Wildman–Crippen LogP) is 2.44. The van der Waals surface area contributed by atoms with E-state index in [0.717, 1.165) is 25.7 Å². The molecule has 25 heavy (non-hydrogen) atoms. The lowest BCUT2D eigenvalue weighted by Gasteiger charge is -2.25. The van der Waals surface area contributed by atoms with Gasteiger partial charge in [-0.15, -0.1) is 0 Å². The topological polar surface area (TPSA) is 105 Å². The molecule has 140 valence electrons. The van der Waals surface area contributed by atoms with Crippen molar-refractivity contribution in [2.75, 3.05) is 25.6 Å². The molecule has 1 saturated carbocycles. The molecule has 0 aliphatic heterocycles. The van der Waals surface area contributed by atoms with Crippen LogP contribution in [0.1, 0.15) is 48.9 Å². The standard InChI is InChI=1S/C17H26N2O5S/c1-24-11-5-10-18-25(22,23)16-12-13(17(20)21)8-9-15(16)19-14-6-3-2-4-7-14/h8-9,12,14,18-19H,2-7,10-11H2,1H3,(H,20,21). The van der Waals surface area contributed by atoms with Crippen LogP contribution in [0.5, 0.6) is 0 Å². The van der Waals surface area contributed by atoms with Gasteiger partial charge in [-0.2, -0.15) is 0 Å². The third kappa shape index (κ3) is 5.69. The third-order valence-corrected chi connectivity index (χ3v) is 5.80. The highest BCUT2D eigenvalue weighted by atomic mass is 32.2. The minimum absolute atomic E-state index is 0.0182. The fourth-order valence-corrected chi connectivity index (χ4v) is 4.23. The average Bonchev–Trinajstić information content (AvgIpc) is 2.59. The minimum atomic E-state index is -3.81. The van der Waals surface area contributed by atoms with Crippen LogP contribution in [0.25, 0.3) is 0 Å². The van der Waals surface area contributed by atoms with E-state index in [2.05, 4.69) is 10.0 Å². The quantitative estimate of drug-likeness (QED) is 0.577. The van der Waals surface area contributed by atoms with Crippen molar-refractivity contribution in [3.05, 3.63) is 23.8 Å². The molecule has 0 radical (unpaired) electrons. The summed E-state index contributed by atoms with van der Waals surface area (Å²) in [6.45, 7) is 0.682. The molecular formula is C17H26N2O5S. The maximum atomic E-state index is 12.6. The van der Waals surface area contributed by atoms with Gasteiger partial charge in [0, 0.05) is 26.3 Å². The van der Waals surface area contributed by atoms with Gasteiger partial charge in [-0.25, -0.2) is 17.9 Å². The average molecular weight is 370 g/mol. The molecule has 1 aromatic carbocycles. The highest BCUT2D eigenvalue weighted by Crippen LogP contribution is 2.27. The van der Waals surface area contributed by atoms with E-state index in [1.807, 2.05) is 0 Å². The van der Waals surface area contributed by atoms with Crippen molar-refractivity contribution in [1.29, 1.82) is 0 Å². The molecule has 0 unspecified atom stereocenters. The van der Waals surface area contributed by atoms with E-state index in [1.54, 1.807) is 13.2 Å². The summed E-state index contributed by atoms with van der Waals surface area (Å²) in [5.41, 5.74) is 0.405. The highest BCUT2D eigenvalue weighted by molar-refractivity contribution is 7.89. The first kappa shape index (κ1) is 19.7. The maximum Gasteiger partial charge on any atom is 0.335 e. The molecule has 2 rings (SSSR count). The van der Waals surface area contributed by atoms with Gasteiger partial charge in [0.1, 0.15) is 4.90 Å². The van der Waals surface area contributed by atoms with Crippen LogP contribution in [0, 0.1) is 0 Å². The number of methoxy groups -OCH3 is 1. The van der Waals surface area contributed by atoms with Crippen molar-refractivity contribution >= 4 is 21.7 Å². The lowest BCUT2D eigenvalue weighted by atomic mass is 9.95. The molecule has 1 fully saturated rings. The lowest BCUT2D eigenvalue weighted by Crippen LogP contribution is -2.28. The van der Waals surface area contributed by atoms with Crippen LogP contribution >= 0.6 is 0 Å². The summed E-state index contributed by atoms with van der Waals surface area (Å²) in [6, 6.07) is 4.40. The van der Waals surface area contributed by atoms with Crippen molar-refractivity contribution in [3.8, 4) is 0 Å². The van der Waals surface area contributed by atoms with E-state index in [1.165, 1.54) is 18.6 Å². The fraction of sp³-hybridized carbons (Fsp3) is 0.588. The number of ether oxygens (including phenoxy) is 1. The molecule has 0 aromatic heterocycles. The van der Waals surface area contributed by atoms with Gasteiger partial charge in [0.25, 0.3) is 0 Å². The second kappa shape index (κ2) is 9.17. The summed E-state index contributed by atoms with van der Waals surface area (Å²) in [5.74, 6) is -1.15. The van der Waals surface area contributed by atoms with Gasteiger partial charge < -0.3 is 15.2 Å². The lowest BCUT2D eigenvalue weighted by molar-refractivity contribution is 0.0696. The Kier molecular flexibility index (Phi) is 7.22. The van der Waals surface area contributed by atoms with E-state index >= 15 is 0 Å². The number of rotatable bonds is 9. The van der Waals surface area contributed by atoms with Gasteiger partial charge >= 0.3 is 5.97 Å². The van der Waals surface area contributed by atoms with Crippen molar-refractivity contribution in [3.63, 3.8) is 0 Å². The number of carboxylic acid groups (broad SMARTS) is 1. The third-order valence-electron chi connectivity index (χ3n) is 4.30. The second-order valence-electron chi connectivity index (χ2n) is 6.24. The van der Waals surface area contributed by atoms with Crippen LogP contribution in [-0.4, -0.2) is 45.8 Å². The summed E-state index contributed by atoms with van der Waals surface area (Å²) < 4.78 is 32.7. The van der Waals surface area contributed by atoms with Crippen LogP contribution < -0.4 is 10.0 Å². The summed E-state index contributed by atoms with van der Waals surface area (Å²) in [5, 5.41) is 12.5. The Morgan fingerprint density at radius 2 is 2.00 bits per heavy atom. The molecule has 1 aliphatic carbocycles. The molecule has 0 atom stereocenters. The minimum Gasteiger partial charge on any atom is -0.478 e. The number of aromatic carboxylic acids is 1. The zero-order chi connectivity index (χ0) is 18.3. The van der Waals surface area contributed by atoms with Gasteiger partial charge in [0.15, 0.2) is 0 Å². The first-order chi connectivity index (χ1) is 11.9. The largest absolute Gasteiger partial charge is 0.478 e. The second-order valence-corrected chi connectivity index (χ2v) is 7.97. The summed E-state index contributed by atoms with van der Waals surface area (Å²) >= 11 is 0. The number of hydrogen-bond acceptors (Lipinski definition) is 5. The van der Waals surface area contributed by atoms with E-state index in [9.17, 15) is 18.3 Å². The van der Waals surface area contributed by atoms with E-state index in [4.69, 9.17) is 4.74 Å². The number of carbonyl (C=O) groups is 1. The predicted molar refractivity (Wildman–Crippen MR) is 95.6 cm³/mol. The number of nitrogens with one attached hydrogen (secondary N) is 2. The molecule has 0 heterocycles. The maximum absolute atomic E-state index is 12.6. The molecular weight excluding hydrogens is 344 g/mol. The highest BCUT2D eigenvalue weighted by Gasteiger charge is 2.23. The molecule has 1 aliphatic rings. The zero-order valence-electron chi connectivity index (χ0n) is 14.5. The zero-order valence-corrected chi connectivity index (χ0v) is 15.3. The van der Waals surface area contributed by atoms with Gasteiger partial charge in [-0.05, 0) is 37.5 Å². The molecule has 1 aromatic rings. The van der Waals surface area contributed by atoms with Crippen LogP contribution in [0.2, 0.25) is 0 Å². The fourth-order valence-electron chi connectivity index (χ4n) is 2.96. The summed E-state index contributed by atoms with van der Waals surface area (Å²) in [7, 11) is -2.26. The summed E-state index contributed by atoms with van der Waals surface area (Å²) in [4.78, 5) is 11.2. The first-order valence-corrected chi connectivity index (χ1v) is 10.0. The van der Waals surface area contributed by atoms with Crippen LogP contribution in [0.15, 0.2) is 23.1 Å². The van der Waals surface area contributed by atoms with Crippen molar-refractivity contribution < 1.29 is 23.1 Å². The Morgan fingerprint density at radius 3 is 2.64 bits per heavy atom. The van der Waals surface area contributed by atoms with E-state index < -0.39 is 16.0 Å². The Hall–Kier alpha value is -1.64. The molecule has 0 amide bonds. The smallest absolute Gasteiger partial charge is 0.335 e. The summed E-state index contributed by atoms with van der Waals surface area (Å²) in [6.07, 6.45) is 5.94. The molecule has 3 N–H and O–H groups in total. The first-order valence-electron chi connectivity index (χ1n) is 8.56. The number of sulfonamides is 1. The van der Waals surface area contributed by atoms with Crippen molar-refractivity contribution in [1.82, 2.24) is 4.72 Å². The molecule has 7 nitrogen and oxygen atoms in total. The molecule has 0 saturated heterocycles.